The topological polar surface area (TPSA) is 110 Å². The third-order valence-electron chi connectivity index (χ3n) is 7.78. The smallest absolute Gasteiger partial charge is 0.408 e. The number of alkyl carbamates (subject to hydrolysis) is 1. The van der Waals surface area contributed by atoms with E-state index in [1.165, 1.54) is 0 Å². The lowest BCUT2D eigenvalue weighted by Gasteiger charge is -2.47. The summed E-state index contributed by atoms with van der Waals surface area (Å²) in [6, 6.07) is 4.44. The van der Waals surface area contributed by atoms with Gasteiger partial charge in [-0.25, -0.2) is 9.31 Å². The monoisotopic (exact) mass is 519 g/mol. The second-order valence-corrected chi connectivity index (χ2v) is 11.6. The fraction of sp³-hybridized carbons (Fsp3) is 0.571. The summed E-state index contributed by atoms with van der Waals surface area (Å²) in [4.78, 5) is 14.9. The van der Waals surface area contributed by atoms with E-state index in [0.717, 1.165) is 68.6 Å². The average Bonchev–Trinajstić information content (AvgIpc) is 3.44. The number of nitrogens with one attached hydrogen (secondary N) is 1. The van der Waals surface area contributed by atoms with Crippen LogP contribution in [-0.2, 0) is 4.74 Å². The first-order valence-corrected chi connectivity index (χ1v) is 13.3. The predicted molar refractivity (Wildman–Crippen MR) is 143 cm³/mol. The molecule has 1 aliphatic heterocycles. The van der Waals surface area contributed by atoms with Gasteiger partial charge in [0.25, 0.3) is 0 Å². The zero-order valence-corrected chi connectivity index (χ0v) is 23.0. The number of nitriles is 1. The van der Waals surface area contributed by atoms with Gasteiger partial charge in [0, 0.05) is 42.7 Å². The number of hydrogen-bond acceptors (Lipinski definition) is 7. The van der Waals surface area contributed by atoms with Crippen molar-refractivity contribution in [3.63, 3.8) is 0 Å². The van der Waals surface area contributed by atoms with Gasteiger partial charge in [0.15, 0.2) is 0 Å². The van der Waals surface area contributed by atoms with Gasteiger partial charge in [-0.3, -0.25) is 4.68 Å². The molecule has 0 aromatic carbocycles. The standard InChI is InChI=1S/C28H37N7O3/c1-19-23(20-13-24(37-5)25-21(14-29)15-30-34(25)17-20)16-31-35(19)22-7-11-33(12-8-22)18-28(9-6-10-28)32-26(36)38-27(2,3)4/h13,15-17,22H,6-12,18H2,1-5H3,(H,32,36). The molecule has 0 atom stereocenters. The number of aromatic nitrogens is 4. The van der Waals surface area contributed by atoms with Crippen LogP contribution >= 0.6 is 0 Å². The van der Waals surface area contributed by atoms with E-state index in [1.807, 2.05) is 39.2 Å². The van der Waals surface area contributed by atoms with Crippen LogP contribution < -0.4 is 10.1 Å². The summed E-state index contributed by atoms with van der Waals surface area (Å²) in [5.41, 5.74) is 3.54. The number of rotatable bonds is 6. The van der Waals surface area contributed by atoms with Gasteiger partial charge < -0.3 is 19.7 Å². The molecule has 5 rings (SSSR count). The number of piperidine rings is 1. The summed E-state index contributed by atoms with van der Waals surface area (Å²) in [6.07, 6.45) is 10.2. The minimum atomic E-state index is -0.497. The van der Waals surface area contributed by atoms with Crippen LogP contribution in [0.4, 0.5) is 4.79 Å². The summed E-state index contributed by atoms with van der Waals surface area (Å²) in [7, 11) is 1.61. The molecule has 1 saturated carbocycles. The maximum Gasteiger partial charge on any atom is 0.408 e. The van der Waals surface area contributed by atoms with Gasteiger partial charge in [-0.1, -0.05) is 0 Å². The Morgan fingerprint density at radius 3 is 2.58 bits per heavy atom. The van der Waals surface area contributed by atoms with Crippen LogP contribution in [0.15, 0.2) is 24.7 Å². The summed E-state index contributed by atoms with van der Waals surface area (Å²) in [5, 5.41) is 21.7. The summed E-state index contributed by atoms with van der Waals surface area (Å²) in [5.74, 6) is 0.613. The zero-order valence-electron chi connectivity index (χ0n) is 23.0. The molecule has 4 heterocycles. The first-order valence-electron chi connectivity index (χ1n) is 13.3. The van der Waals surface area contributed by atoms with Crippen LogP contribution in [0.5, 0.6) is 5.75 Å². The lowest BCUT2D eigenvalue weighted by atomic mass is 9.76. The lowest BCUT2D eigenvalue weighted by Crippen LogP contribution is -2.61. The van der Waals surface area contributed by atoms with Gasteiger partial charge in [0.2, 0.25) is 0 Å². The van der Waals surface area contributed by atoms with Crippen molar-refractivity contribution in [3.05, 3.63) is 35.9 Å². The minimum absolute atomic E-state index is 0.181. The van der Waals surface area contributed by atoms with Crippen LogP contribution in [0.1, 0.15) is 70.2 Å². The molecule has 0 bridgehead atoms. The van der Waals surface area contributed by atoms with Gasteiger partial charge in [0.1, 0.15) is 28.5 Å². The Balaban J connectivity index is 1.25. The molecule has 2 aliphatic rings. The Kier molecular flexibility index (Phi) is 6.82. The molecular weight excluding hydrogens is 482 g/mol. The van der Waals surface area contributed by atoms with E-state index in [1.54, 1.807) is 17.8 Å². The molecule has 10 heteroatoms. The number of carbonyl (C=O) groups excluding carboxylic acids is 1. The van der Waals surface area contributed by atoms with E-state index in [0.29, 0.717) is 22.9 Å². The summed E-state index contributed by atoms with van der Waals surface area (Å²) >= 11 is 0. The van der Waals surface area contributed by atoms with Crippen molar-refractivity contribution in [1.82, 2.24) is 29.6 Å². The molecule has 10 nitrogen and oxygen atoms in total. The number of ether oxygens (including phenoxy) is 2. The van der Waals surface area contributed by atoms with Crippen molar-refractivity contribution in [2.45, 2.75) is 77.0 Å². The third kappa shape index (κ3) is 5.07. The van der Waals surface area contributed by atoms with Gasteiger partial charge in [-0.2, -0.15) is 15.5 Å². The fourth-order valence-electron chi connectivity index (χ4n) is 5.74. The highest BCUT2D eigenvalue weighted by molar-refractivity contribution is 5.76. The lowest BCUT2D eigenvalue weighted by molar-refractivity contribution is 0.0283. The van der Waals surface area contributed by atoms with Gasteiger partial charge in [-0.05, 0) is 65.9 Å². The Hall–Kier alpha value is -3.58. The van der Waals surface area contributed by atoms with Crippen molar-refractivity contribution >= 4 is 11.6 Å². The first-order chi connectivity index (χ1) is 18.1. The number of amides is 1. The summed E-state index contributed by atoms with van der Waals surface area (Å²) < 4.78 is 15.0. The molecule has 0 unspecified atom stereocenters. The van der Waals surface area contributed by atoms with Crippen molar-refractivity contribution in [1.29, 1.82) is 5.26 Å². The zero-order chi connectivity index (χ0) is 27.1. The number of likely N-dealkylation sites (tertiary alicyclic amines) is 1. The maximum atomic E-state index is 12.4. The molecule has 0 radical (unpaired) electrons. The van der Waals surface area contributed by atoms with Crippen LogP contribution in [-0.4, -0.2) is 68.3 Å². The van der Waals surface area contributed by atoms with E-state index < -0.39 is 5.60 Å². The molecule has 3 aromatic heterocycles. The maximum absolute atomic E-state index is 12.4. The number of nitrogens with zero attached hydrogens (tertiary/aromatic N) is 6. The van der Waals surface area contributed by atoms with Crippen LogP contribution in [0, 0.1) is 18.3 Å². The highest BCUT2D eigenvalue weighted by Gasteiger charge is 2.41. The highest BCUT2D eigenvalue weighted by atomic mass is 16.6. The molecule has 1 saturated heterocycles. The van der Waals surface area contributed by atoms with Crippen molar-refractivity contribution in [3.8, 4) is 22.9 Å². The van der Waals surface area contributed by atoms with E-state index in [2.05, 4.69) is 33.0 Å². The quantitative estimate of drug-likeness (QED) is 0.512. The molecule has 3 aromatic rings. The number of hydrogen-bond donors (Lipinski definition) is 1. The van der Waals surface area contributed by atoms with Gasteiger partial charge >= 0.3 is 6.09 Å². The Labute approximate surface area is 223 Å². The van der Waals surface area contributed by atoms with Crippen LogP contribution in [0.25, 0.3) is 16.6 Å². The molecular formula is C28H37N7O3. The number of carbonyl (C=O) groups is 1. The van der Waals surface area contributed by atoms with Crippen molar-refractivity contribution in [2.75, 3.05) is 26.7 Å². The van der Waals surface area contributed by atoms with Crippen LogP contribution in [0.3, 0.4) is 0 Å². The highest BCUT2D eigenvalue weighted by Crippen LogP contribution is 2.36. The first kappa shape index (κ1) is 26.0. The predicted octanol–water partition coefficient (Wildman–Crippen LogP) is 4.47. The van der Waals surface area contributed by atoms with Gasteiger partial charge in [-0.15, -0.1) is 0 Å². The SMILES string of the molecule is COc1cc(-c2cnn(C3CCN(CC4(NC(=O)OC(C)(C)C)CCC4)CC3)c2C)cn2ncc(C#N)c12. The number of pyridine rings is 1. The van der Waals surface area contributed by atoms with Crippen molar-refractivity contribution < 1.29 is 14.3 Å². The Bertz CT molecular complexity index is 1370. The van der Waals surface area contributed by atoms with E-state index in [9.17, 15) is 10.1 Å². The molecule has 1 amide bonds. The molecule has 0 spiro atoms. The van der Waals surface area contributed by atoms with E-state index in [-0.39, 0.29) is 11.6 Å². The average molecular weight is 520 g/mol. The van der Waals surface area contributed by atoms with Crippen molar-refractivity contribution in [2.24, 2.45) is 0 Å². The van der Waals surface area contributed by atoms with Crippen LogP contribution in [0.2, 0.25) is 0 Å². The van der Waals surface area contributed by atoms with E-state index in [4.69, 9.17) is 14.6 Å². The molecule has 202 valence electrons. The normalized spacial score (nSPS) is 18.1. The number of fused-ring (bicyclic) bond motifs is 1. The molecule has 38 heavy (non-hydrogen) atoms. The molecule has 1 N–H and O–H groups in total. The summed E-state index contributed by atoms with van der Waals surface area (Å²) in [6.45, 7) is 10.6. The third-order valence-corrected chi connectivity index (χ3v) is 7.78. The number of methoxy groups -OCH3 is 1. The Morgan fingerprint density at radius 2 is 1.97 bits per heavy atom. The Morgan fingerprint density at radius 1 is 1.24 bits per heavy atom. The second kappa shape index (κ2) is 9.95. The largest absolute Gasteiger partial charge is 0.494 e. The minimum Gasteiger partial charge on any atom is -0.494 e. The molecule has 2 fully saturated rings. The van der Waals surface area contributed by atoms with Gasteiger partial charge in [0.05, 0.1) is 31.1 Å². The van der Waals surface area contributed by atoms with E-state index >= 15 is 0 Å². The molecule has 1 aliphatic carbocycles. The second-order valence-electron chi connectivity index (χ2n) is 11.6. The fourth-order valence-corrected chi connectivity index (χ4v) is 5.74.